The highest BCUT2D eigenvalue weighted by atomic mass is 16.5. The third kappa shape index (κ3) is 4.07. The van der Waals surface area contributed by atoms with Crippen molar-refractivity contribution in [2.45, 2.75) is 25.5 Å². The van der Waals surface area contributed by atoms with Crippen LogP contribution in [0.2, 0.25) is 0 Å². The normalized spacial score (nSPS) is 18.9. The molecule has 0 bridgehead atoms. The topological polar surface area (TPSA) is 50.4 Å². The van der Waals surface area contributed by atoms with Crippen molar-refractivity contribution in [1.82, 2.24) is 10.6 Å². The van der Waals surface area contributed by atoms with Gasteiger partial charge in [0.1, 0.15) is 6.61 Å². The first kappa shape index (κ1) is 11.9. The van der Waals surface area contributed by atoms with Gasteiger partial charge in [0.05, 0.1) is 0 Å². The number of amides is 1. The average Bonchev–Trinajstić information content (AvgIpc) is 2.88. The molecular weight excluding hydrogens is 216 g/mol. The Balaban J connectivity index is 1.64. The van der Waals surface area contributed by atoms with Crippen molar-refractivity contribution < 1.29 is 9.53 Å². The van der Waals surface area contributed by atoms with E-state index in [4.69, 9.17) is 4.74 Å². The van der Waals surface area contributed by atoms with Crippen LogP contribution >= 0.6 is 0 Å². The van der Waals surface area contributed by atoms with Crippen LogP contribution in [0.25, 0.3) is 0 Å². The molecule has 17 heavy (non-hydrogen) atoms. The Morgan fingerprint density at radius 1 is 1.41 bits per heavy atom. The number of carbonyl (C=O) groups excluding carboxylic acids is 1. The Kier molecular flexibility index (Phi) is 4.38. The highest BCUT2D eigenvalue weighted by Gasteiger charge is 2.14. The summed E-state index contributed by atoms with van der Waals surface area (Å²) in [6, 6.07) is 10.1. The van der Waals surface area contributed by atoms with Crippen LogP contribution in [0, 0.1) is 0 Å². The summed E-state index contributed by atoms with van der Waals surface area (Å²) >= 11 is 0. The highest BCUT2D eigenvalue weighted by Crippen LogP contribution is 2.04. The van der Waals surface area contributed by atoms with Gasteiger partial charge in [0.15, 0.2) is 0 Å². The molecule has 0 spiro atoms. The second-order valence-corrected chi connectivity index (χ2v) is 4.24. The predicted molar refractivity (Wildman–Crippen MR) is 65.7 cm³/mol. The van der Waals surface area contributed by atoms with Crippen LogP contribution in [0.3, 0.4) is 0 Å². The lowest BCUT2D eigenvalue weighted by atomic mass is 10.2. The molecular formula is C13H18N2O2. The fourth-order valence-corrected chi connectivity index (χ4v) is 1.91. The van der Waals surface area contributed by atoms with E-state index >= 15 is 0 Å². The number of benzene rings is 1. The van der Waals surface area contributed by atoms with E-state index in [2.05, 4.69) is 10.6 Å². The van der Waals surface area contributed by atoms with Crippen molar-refractivity contribution in [3.05, 3.63) is 35.9 Å². The summed E-state index contributed by atoms with van der Waals surface area (Å²) in [6.45, 7) is 2.02. The Morgan fingerprint density at radius 3 is 2.94 bits per heavy atom. The molecule has 1 aliphatic rings. The maximum atomic E-state index is 11.4. The smallest absolute Gasteiger partial charge is 0.407 e. The largest absolute Gasteiger partial charge is 0.445 e. The predicted octanol–water partition coefficient (Wildman–Crippen LogP) is 1.66. The third-order valence-electron chi connectivity index (χ3n) is 2.87. The molecule has 0 aliphatic carbocycles. The van der Waals surface area contributed by atoms with Crippen molar-refractivity contribution >= 4 is 6.09 Å². The van der Waals surface area contributed by atoms with Crippen molar-refractivity contribution in [2.75, 3.05) is 13.1 Å². The van der Waals surface area contributed by atoms with Crippen LogP contribution in [0.15, 0.2) is 30.3 Å². The molecule has 1 heterocycles. The summed E-state index contributed by atoms with van der Waals surface area (Å²) in [5, 5.41) is 6.09. The average molecular weight is 234 g/mol. The van der Waals surface area contributed by atoms with Gasteiger partial charge in [0, 0.05) is 12.6 Å². The van der Waals surface area contributed by atoms with Crippen LogP contribution in [-0.4, -0.2) is 25.2 Å². The summed E-state index contributed by atoms with van der Waals surface area (Å²) in [5.74, 6) is 0. The minimum Gasteiger partial charge on any atom is -0.445 e. The van der Waals surface area contributed by atoms with Gasteiger partial charge in [-0.05, 0) is 24.9 Å². The minimum absolute atomic E-state index is 0.324. The summed E-state index contributed by atoms with van der Waals surface area (Å²) in [6.07, 6.45) is 1.97. The van der Waals surface area contributed by atoms with Crippen LogP contribution in [0.1, 0.15) is 18.4 Å². The van der Waals surface area contributed by atoms with Gasteiger partial charge in [-0.25, -0.2) is 4.79 Å². The molecule has 1 atom stereocenters. The van der Waals surface area contributed by atoms with E-state index in [1.807, 2.05) is 30.3 Å². The van der Waals surface area contributed by atoms with Crippen LogP contribution in [0.5, 0.6) is 0 Å². The van der Waals surface area contributed by atoms with Crippen molar-refractivity contribution in [3.8, 4) is 0 Å². The molecule has 0 saturated carbocycles. The lowest BCUT2D eigenvalue weighted by Crippen LogP contribution is -2.37. The Hall–Kier alpha value is -1.55. The van der Waals surface area contributed by atoms with Crippen LogP contribution in [0.4, 0.5) is 4.79 Å². The molecule has 0 unspecified atom stereocenters. The number of rotatable bonds is 4. The van der Waals surface area contributed by atoms with E-state index in [9.17, 15) is 4.79 Å². The maximum Gasteiger partial charge on any atom is 0.407 e. The van der Waals surface area contributed by atoms with Crippen molar-refractivity contribution in [1.29, 1.82) is 0 Å². The Bertz CT molecular complexity index is 348. The summed E-state index contributed by atoms with van der Waals surface area (Å²) < 4.78 is 5.11. The molecule has 1 aromatic rings. The lowest BCUT2D eigenvalue weighted by Gasteiger charge is -2.11. The highest BCUT2D eigenvalue weighted by molar-refractivity contribution is 5.67. The molecule has 0 aromatic heterocycles. The monoisotopic (exact) mass is 234 g/mol. The van der Waals surface area contributed by atoms with Gasteiger partial charge in [-0.3, -0.25) is 0 Å². The van der Waals surface area contributed by atoms with Gasteiger partial charge in [-0.15, -0.1) is 0 Å². The van der Waals surface area contributed by atoms with Gasteiger partial charge in [0.25, 0.3) is 0 Å². The molecule has 1 saturated heterocycles. The number of ether oxygens (including phenoxy) is 1. The quantitative estimate of drug-likeness (QED) is 0.833. The number of carbonyl (C=O) groups is 1. The third-order valence-corrected chi connectivity index (χ3v) is 2.87. The standard InChI is InChI=1S/C13H18N2O2/c16-13(15-9-12-7-4-8-14-12)17-10-11-5-2-1-3-6-11/h1-3,5-6,12,14H,4,7-10H2,(H,15,16)/t12-/m1/s1. The van der Waals surface area contributed by atoms with E-state index in [1.54, 1.807) is 0 Å². The molecule has 1 amide bonds. The van der Waals surface area contributed by atoms with E-state index < -0.39 is 0 Å². The van der Waals surface area contributed by atoms with Gasteiger partial charge in [-0.1, -0.05) is 30.3 Å². The summed E-state index contributed by atoms with van der Waals surface area (Å²) in [4.78, 5) is 11.4. The van der Waals surface area contributed by atoms with Gasteiger partial charge < -0.3 is 15.4 Å². The van der Waals surface area contributed by atoms with Gasteiger partial charge >= 0.3 is 6.09 Å². The molecule has 1 aliphatic heterocycles. The van der Waals surface area contributed by atoms with Gasteiger partial charge in [0.2, 0.25) is 0 Å². The van der Waals surface area contributed by atoms with Crippen molar-refractivity contribution in [2.24, 2.45) is 0 Å². The second-order valence-electron chi connectivity index (χ2n) is 4.24. The van der Waals surface area contributed by atoms with E-state index in [0.717, 1.165) is 18.5 Å². The second kappa shape index (κ2) is 6.25. The summed E-state index contributed by atoms with van der Waals surface area (Å²) in [5.41, 5.74) is 1.00. The van der Waals surface area contributed by atoms with Crippen LogP contribution < -0.4 is 10.6 Å². The number of alkyl carbamates (subject to hydrolysis) is 1. The fourth-order valence-electron chi connectivity index (χ4n) is 1.91. The first-order chi connectivity index (χ1) is 8.34. The Labute approximate surface area is 101 Å². The Morgan fingerprint density at radius 2 is 2.24 bits per heavy atom. The number of hydrogen-bond donors (Lipinski definition) is 2. The zero-order valence-corrected chi connectivity index (χ0v) is 9.82. The van der Waals surface area contributed by atoms with E-state index in [0.29, 0.717) is 19.2 Å². The fraction of sp³-hybridized carbons (Fsp3) is 0.462. The number of hydrogen-bond acceptors (Lipinski definition) is 3. The first-order valence-electron chi connectivity index (χ1n) is 6.02. The molecule has 2 rings (SSSR count). The molecule has 2 N–H and O–H groups in total. The molecule has 1 fully saturated rings. The summed E-state index contributed by atoms with van der Waals surface area (Å²) in [7, 11) is 0. The van der Waals surface area contributed by atoms with Crippen molar-refractivity contribution in [3.63, 3.8) is 0 Å². The lowest BCUT2D eigenvalue weighted by molar-refractivity contribution is 0.139. The van der Waals surface area contributed by atoms with Crippen LogP contribution in [-0.2, 0) is 11.3 Å². The zero-order chi connectivity index (χ0) is 11.9. The van der Waals surface area contributed by atoms with Gasteiger partial charge in [-0.2, -0.15) is 0 Å². The molecule has 4 heteroatoms. The minimum atomic E-state index is -0.345. The van der Waals surface area contributed by atoms with E-state index in [-0.39, 0.29) is 6.09 Å². The first-order valence-corrected chi connectivity index (χ1v) is 6.02. The molecule has 92 valence electrons. The molecule has 1 aromatic carbocycles. The van der Waals surface area contributed by atoms with E-state index in [1.165, 1.54) is 6.42 Å². The SMILES string of the molecule is O=C(NC[C@H]1CCCN1)OCc1ccccc1. The molecule has 0 radical (unpaired) electrons. The maximum absolute atomic E-state index is 11.4. The number of nitrogens with one attached hydrogen (secondary N) is 2. The molecule has 4 nitrogen and oxygen atoms in total. The zero-order valence-electron chi connectivity index (χ0n) is 9.82.